The molecule has 9 nitrogen and oxygen atoms in total. The SMILES string of the molecule is Cc1ccccc1OCn1ccc(C(=O)Nc2cc(Oc3ccccc3C)cc([N+](=O)[O-])c2)n1. The lowest BCUT2D eigenvalue weighted by Crippen LogP contribution is -2.14. The summed E-state index contributed by atoms with van der Waals surface area (Å²) in [4.78, 5) is 23.6. The van der Waals surface area contributed by atoms with Gasteiger partial charge in [0.1, 0.15) is 17.2 Å². The average molecular weight is 458 g/mol. The minimum atomic E-state index is -0.544. The Balaban J connectivity index is 1.48. The number of aromatic nitrogens is 2. The lowest BCUT2D eigenvalue weighted by atomic mass is 10.2. The van der Waals surface area contributed by atoms with E-state index in [1.807, 2.05) is 56.3 Å². The number of nitro benzene ring substituents is 1. The third-order valence-electron chi connectivity index (χ3n) is 5.00. The Morgan fingerprint density at radius 1 is 1.00 bits per heavy atom. The number of hydrogen-bond donors (Lipinski definition) is 1. The number of aryl methyl sites for hydroxylation is 2. The van der Waals surface area contributed by atoms with Gasteiger partial charge in [-0.15, -0.1) is 0 Å². The van der Waals surface area contributed by atoms with Gasteiger partial charge >= 0.3 is 0 Å². The minimum absolute atomic E-state index is 0.128. The molecule has 0 radical (unpaired) electrons. The van der Waals surface area contributed by atoms with Gasteiger partial charge in [0.2, 0.25) is 0 Å². The first kappa shape index (κ1) is 22.5. The van der Waals surface area contributed by atoms with Crippen LogP contribution in [-0.2, 0) is 6.73 Å². The van der Waals surface area contributed by atoms with E-state index < -0.39 is 10.8 Å². The summed E-state index contributed by atoms with van der Waals surface area (Å²) in [6.45, 7) is 3.94. The standard InChI is InChI=1S/C25H22N4O5/c1-17-7-3-5-9-23(17)33-16-28-12-11-22(27-28)25(30)26-19-13-20(29(31)32)15-21(14-19)34-24-10-6-4-8-18(24)2/h3-15H,16H2,1-2H3,(H,26,30). The predicted molar refractivity (Wildman–Crippen MR) is 126 cm³/mol. The fourth-order valence-electron chi connectivity index (χ4n) is 3.22. The number of benzene rings is 3. The Kier molecular flexibility index (Phi) is 6.54. The van der Waals surface area contributed by atoms with Gasteiger partial charge in [0.25, 0.3) is 11.6 Å². The summed E-state index contributed by atoms with van der Waals surface area (Å²) in [5.74, 6) is 1.00. The van der Waals surface area contributed by atoms with Crippen LogP contribution in [0, 0.1) is 24.0 Å². The van der Waals surface area contributed by atoms with E-state index in [1.165, 1.54) is 22.9 Å². The molecular weight excluding hydrogens is 436 g/mol. The molecule has 0 aliphatic heterocycles. The number of para-hydroxylation sites is 2. The van der Waals surface area contributed by atoms with E-state index in [1.54, 1.807) is 18.3 Å². The molecule has 1 heterocycles. The maximum Gasteiger partial charge on any atom is 0.276 e. The maximum atomic E-state index is 12.7. The summed E-state index contributed by atoms with van der Waals surface area (Å²) >= 11 is 0. The monoisotopic (exact) mass is 458 g/mol. The zero-order valence-corrected chi connectivity index (χ0v) is 18.6. The molecule has 9 heteroatoms. The van der Waals surface area contributed by atoms with E-state index in [2.05, 4.69) is 10.4 Å². The number of anilines is 1. The van der Waals surface area contributed by atoms with Crippen LogP contribution in [0.25, 0.3) is 0 Å². The van der Waals surface area contributed by atoms with E-state index in [4.69, 9.17) is 9.47 Å². The molecule has 0 fully saturated rings. The van der Waals surface area contributed by atoms with Crippen molar-refractivity contribution in [2.24, 2.45) is 0 Å². The molecule has 1 amide bonds. The van der Waals surface area contributed by atoms with Gasteiger partial charge in [-0.25, -0.2) is 4.68 Å². The molecule has 1 N–H and O–H groups in total. The van der Waals surface area contributed by atoms with Crippen LogP contribution in [0.5, 0.6) is 17.2 Å². The van der Waals surface area contributed by atoms with Crippen molar-refractivity contribution < 1.29 is 19.2 Å². The van der Waals surface area contributed by atoms with Crippen molar-refractivity contribution in [1.29, 1.82) is 0 Å². The van der Waals surface area contributed by atoms with Gasteiger partial charge in [0.15, 0.2) is 12.4 Å². The highest BCUT2D eigenvalue weighted by molar-refractivity contribution is 6.03. The molecule has 0 saturated heterocycles. The Labute approximate surface area is 195 Å². The van der Waals surface area contributed by atoms with Gasteiger partial charge in [-0.2, -0.15) is 5.10 Å². The second-order valence-corrected chi connectivity index (χ2v) is 7.57. The molecule has 3 aromatic carbocycles. The third kappa shape index (κ3) is 5.39. The lowest BCUT2D eigenvalue weighted by Gasteiger charge is -2.10. The van der Waals surface area contributed by atoms with Crippen molar-refractivity contribution in [1.82, 2.24) is 9.78 Å². The molecule has 0 unspecified atom stereocenters. The number of nitrogens with zero attached hydrogens (tertiary/aromatic N) is 3. The maximum absolute atomic E-state index is 12.7. The molecule has 4 rings (SSSR count). The molecule has 0 aliphatic rings. The fourth-order valence-corrected chi connectivity index (χ4v) is 3.22. The number of carbonyl (C=O) groups is 1. The van der Waals surface area contributed by atoms with Crippen molar-refractivity contribution in [2.45, 2.75) is 20.6 Å². The highest BCUT2D eigenvalue weighted by atomic mass is 16.6. The van der Waals surface area contributed by atoms with Gasteiger partial charge in [-0.1, -0.05) is 36.4 Å². The van der Waals surface area contributed by atoms with Crippen molar-refractivity contribution >= 4 is 17.3 Å². The van der Waals surface area contributed by atoms with E-state index in [0.717, 1.165) is 16.9 Å². The first-order valence-corrected chi connectivity index (χ1v) is 10.5. The normalized spacial score (nSPS) is 10.5. The van der Waals surface area contributed by atoms with Crippen LogP contribution in [0.2, 0.25) is 0 Å². The third-order valence-corrected chi connectivity index (χ3v) is 5.00. The van der Waals surface area contributed by atoms with E-state index in [-0.39, 0.29) is 29.5 Å². The summed E-state index contributed by atoms with van der Waals surface area (Å²) in [5, 5.41) is 18.3. The molecule has 172 valence electrons. The van der Waals surface area contributed by atoms with Gasteiger partial charge < -0.3 is 14.8 Å². The molecule has 0 spiro atoms. The predicted octanol–water partition coefficient (Wildman–Crippen LogP) is 5.49. The molecule has 34 heavy (non-hydrogen) atoms. The largest absolute Gasteiger partial charge is 0.471 e. The van der Waals surface area contributed by atoms with Crippen molar-refractivity contribution in [3.8, 4) is 17.2 Å². The molecule has 1 aromatic heterocycles. The second kappa shape index (κ2) is 9.86. The summed E-state index contributed by atoms with van der Waals surface area (Å²) in [6.07, 6.45) is 1.62. The van der Waals surface area contributed by atoms with Crippen LogP contribution in [0.4, 0.5) is 11.4 Å². The zero-order chi connectivity index (χ0) is 24.1. The molecule has 0 saturated carbocycles. The number of nitro groups is 1. The summed E-state index contributed by atoms with van der Waals surface area (Å²) in [7, 11) is 0. The molecule has 0 bridgehead atoms. The molecule has 0 aliphatic carbocycles. The number of rotatable bonds is 8. The zero-order valence-electron chi connectivity index (χ0n) is 18.6. The molecule has 0 atom stereocenters. The number of hydrogen-bond acceptors (Lipinski definition) is 6. The number of non-ortho nitro benzene ring substituents is 1. The van der Waals surface area contributed by atoms with Crippen LogP contribution >= 0.6 is 0 Å². The van der Waals surface area contributed by atoms with Crippen LogP contribution in [-0.4, -0.2) is 20.6 Å². The van der Waals surface area contributed by atoms with Crippen LogP contribution in [0.15, 0.2) is 79.0 Å². The average Bonchev–Trinajstić information content (AvgIpc) is 3.29. The lowest BCUT2D eigenvalue weighted by molar-refractivity contribution is -0.384. The Morgan fingerprint density at radius 3 is 2.35 bits per heavy atom. The minimum Gasteiger partial charge on any atom is -0.471 e. The van der Waals surface area contributed by atoms with E-state index >= 15 is 0 Å². The smallest absolute Gasteiger partial charge is 0.276 e. The van der Waals surface area contributed by atoms with Crippen molar-refractivity contribution in [3.63, 3.8) is 0 Å². The summed E-state index contributed by atoms with van der Waals surface area (Å²) < 4.78 is 13.0. The van der Waals surface area contributed by atoms with Crippen LogP contribution in [0.3, 0.4) is 0 Å². The Hall–Kier alpha value is -4.66. The molecular formula is C25H22N4O5. The highest BCUT2D eigenvalue weighted by Gasteiger charge is 2.16. The quantitative estimate of drug-likeness (QED) is 0.276. The number of amides is 1. The van der Waals surface area contributed by atoms with Crippen LogP contribution < -0.4 is 14.8 Å². The Morgan fingerprint density at radius 2 is 1.68 bits per heavy atom. The topological polar surface area (TPSA) is 109 Å². The first-order chi connectivity index (χ1) is 16.4. The van der Waals surface area contributed by atoms with Gasteiger partial charge in [0, 0.05) is 18.3 Å². The van der Waals surface area contributed by atoms with E-state index in [0.29, 0.717) is 5.75 Å². The number of nitrogens with one attached hydrogen (secondary N) is 1. The van der Waals surface area contributed by atoms with Crippen molar-refractivity contribution in [2.75, 3.05) is 5.32 Å². The van der Waals surface area contributed by atoms with Gasteiger partial charge in [0.05, 0.1) is 16.7 Å². The second-order valence-electron chi connectivity index (χ2n) is 7.57. The first-order valence-electron chi connectivity index (χ1n) is 10.5. The highest BCUT2D eigenvalue weighted by Crippen LogP contribution is 2.31. The van der Waals surface area contributed by atoms with Gasteiger partial charge in [-0.3, -0.25) is 14.9 Å². The van der Waals surface area contributed by atoms with Crippen molar-refractivity contribution in [3.05, 3.63) is 106 Å². The molecule has 4 aromatic rings. The van der Waals surface area contributed by atoms with Crippen LogP contribution in [0.1, 0.15) is 21.6 Å². The fraction of sp³-hybridized carbons (Fsp3) is 0.120. The van der Waals surface area contributed by atoms with Gasteiger partial charge in [-0.05, 0) is 43.2 Å². The number of ether oxygens (including phenoxy) is 2. The Bertz CT molecular complexity index is 1350. The summed E-state index contributed by atoms with van der Waals surface area (Å²) in [5.41, 5.74) is 2.01. The summed E-state index contributed by atoms with van der Waals surface area (Å²) in [6, 6.07) is 20.5. The number of carbonyl (C=O) groups excluding carboxylic acids is 1. The van der Waals surface area contributed by atoms with E-state index in [9.17, 15) is 14.9 Å².